The fraction of sp³-hybridized carbons (Fsp3) is 0.556. The molecule has 1 spiro atoms. The number of rotatable bonds is 1. The Morgan fingerprint density at radius 3 is 2.48 bits per heavy atom. The average Bonchev–Trinajstić information content (AvgIpc) is 2.38. The summed E-state index contributed by atoms with van der Waals surface area (Å²) in [5.74, 6) is 0.947. The van der Waals surface area contributed by atoms with Crippen LogP contribution in [0.3, 0.4) is 0 Å². The molecule has 0 radical (unpaired) electrons. The number of hydrogen-bond donors (Lipinski definition) is 1. The second-order valence-electron chi connectivity index (χ2n) is 7.14. The molecule has 2 nitrogen and oxygen atoms in total. The zero-order chi connectivity index (χ0) is 14.2. The minimum Gasteiger partial charge on any atom is -0.488 e. The van der Waals surface area contributed by atoms with Crippen LogP contribution in [0.2, 0.25) is 0 Å². The maximum absolute atomic E-state index is 5.94. The van der Waals surface area contributed by atoms with Crippen LogP contribution in [0.1, 0.15) is 58.4 Å². The second-order valence-corrected chi connectivity index (χ2v) is 7.14. The molecule has 0 unspecified atom stereocenters. The van der Waals surface area contributed by atoms with Crippen LogP contribution in [0.15, 0.2) is 24.3 Å². The molecule has 1 fully saturated rings. The Bertz CT molecular complexity index is 525. The third-order valence-corrected chi connectivity index (χ3v) is 4.16. The van der Waals surface area contributed by atoms with Crippen molar-refractivity contribution in [3.05, 3.63) is 29.8 Å². The molecule has 1 heterocycles. The summed E-state index contributed by atoms with van der Waals surface area (Å²) in [5, 5.41) is 3.76. The van der Waals surface area contributed by atoms with Crippen LogP contribution in [0.5, 0.6) is 5.75 Å². The smallest absolute Gasteiger partial charge is 0.120 e. The molecule has 21 heavy (non-hydrogen) atoms. The lowest BCUT2D eigenvalue weighted by Gasteiger charge is -2.39. The van der Waals surface area contributed by atoms with E-state index in [0.717, 1.165) is 5.75 Å². The van der Waals surface area contributed by atoms with Crippen LogP contribution in [-0.4, -0.2) is 11.1 Å². The van der Waals surface area contributed by atoms with E-state index in [4.69, 9.17) is 4.74 Å². The van der Waals surface area contributed by atoms with Crippen molar-refractivity contribution in [3.63, 3.8) is 0 Å². The third kappa shape index (κ3) is 3.74. The first-order chi connectivity index (χ1) is 9.46. The van der Waals surface area contributed by atoms with Crippen molar-refractivity contribution in [2.24, 2.45) is 0 Å². The van der Waals surface area contributed by atoms with Gasteiger partial charge in [0.1, 0.15) is 11.4 Å². The summed E-state index contributed by atoms with van der Waals surface area (Å²) in [4.78, 5) is 0. The van der Waals surface area contributed by atoms with E-state index >= 15 is 0 Å². The van der Waals surface area contributed by atoms with Gasteiger partial charge in [-0.1, -0.05) is 31.4 Å². The van der Waals surface area contributed by atoms with Gasteiger partial charge in [0.25, 0.3) is 0 Å². The molecule has 0 amide bonds. The highest BCUT2D eigenvalue weighted by Crippen LogP contribution is 2.39. The van der Waals surface area contributed by atoms with E-state index in [0.29, 0.717) is 0 Å². The van der Waals surface area contributed by atoms with Gasteiger partial charge >= 0.3 is 0 Å². The largest absolute Gasteiger partial charge is 0.488 e. The lowest BCUT2D eigenvalue weighted by Crippen LogP contribution is -2.39. The first kappa shape index (κ1) is 16.2. The molecule has 1 saturated carbocycles. The highest BCUT2D eigenvalue weighted by molar-refractivity contribution is 5.85. The van der Waals surface area contributed by atoms with Crippen molar-refractivity contribution < 1.29 is 4.74 Å². The van der Waals surface area contributed by atoms with Gasteiger partial charge in [-0.2, -0.15) is 0 Å². The number of hydrogen-bond acceptors (Lipinski definition) is 2. The molecule has 1 N–H and O–H groups in total. The summed E-state index contributed by atoms with van der Waals surface area (Å²) in [7, 11) is 0. The predicted molar refractivity (Wildman–Crippen MR) is 92.5 cm³/mol. The lowest BCUT2D eigenvalue weighted by molar-refractivity contribution is 0.131. The van der Waals surface area contributed by atoms with E-state index < -0.39 is 0 Å². The molecule has 3 rings (SSSR count). The predicted octanol–water partition coefficient (Wildman–Crippen LogP) is 5.43. The normalized spacial score (nSPS) is 19.4. The second kappa shape index (κ2) is 5.92. The standard InChI is InChI=1S/C18H25NO.ClH/c1-17(2,3)20-15-7-8-16-14(13-15)9-12-18(19-16)10-5-4-6-11-18;/h7-9,12-13,19H,4-6,10-11H2,1-3H3;1H. The molecule has 0 bridgehead atoms. The van der Waals surface area contributed by atoms with E-state index in [9.17, 15) is 0 Å². The van der Waals surface area contributed by atoms with Gasteiger partial charge < -0.3 is 10.1 Å². The molecule has 0 saturated heterocycles. The summed E-state index contributed by atoms with van der Waals surface area (Å²) in [6, 6.07) is 6.38. The Morgan fingerprint density at radius 2 is 1.81 bits per heavy atom. The Hall–Kier alpha value is -1.15. The minimum absolute atomic E-state index is 0. The zero-order valence-corrected chi connectivity index (χ0v) is 14.1. The zero-order valence-electron chi connectivity index (χ0n) is 13.2. The van der Waals surface area contributed by atoms with Crippen molar-refractivity contribution in [2.45, 2.75) is 64.0 Å². The summed E-state index contributed by atoms with van der Waals surface area (Å²) in [6.07, 6.45) is 11.2. The molecule has 1 aliphatic heterocycles. The van der Waals surface area contributed by atoms with Gasteiger partial charge in [0.15, 0.2) is 0 Å². The Morgan fingerprint density at radius 1 is 1.10 bits per heavy atom. The molecule has 2 aliphatic rings. The van der Waals surface area contributed by atoms with E-state index in [1.165, 1.54) is 43.4 Å². The fourth-order valence-corrected chi connectivity index (χ4v) is 3.24. The van der Waals surface area contributed by atoms with Gasteiger partial charge in [0, 0.05) is 11.3 Å². The molecular formula is C18H26ClNO. The third-order valence-electron chi connectivity index (χ3n) is 4.16. The topological polar surface area (TPSA) is 21.3 Å². The summed E-state index contributed by atoms with van der Waals surface area (Å²) in [5.41, 5.74) is 2.54. The molecule has 0 atom stereocenters. The first-order valence-electron chi connectivity index (χ1n) is 7.76. The molecule has 1 aliphatic carbocycles. The Labute approximate surface area is 134 Å². The highest BCUT2D eigenvalue weighted by atomic mass is 35.5. The maximum Gasteiger partial charge on any atom is 0.120 e. The van der Waals surface area contributed by atoms with E-state index in [2.05, 4.69) is 56.4 Å². The van der Waals surface area contributed by atoms with Crippen molar-refractivity contribution in [2.75, 3.05) is 5.32 Å². The lowest BCUT2D eigenvalue weighted by atomic mass is 9.79. The van der Waals surface area contributed by atoms with E-state index in [-0.39, 0.29) is 23.5 Å². The van der Waals surface area contributed by atoms with Gasteiger partial charge in [-0.15, -0.1) is 12.4 Å². The number of ether oxygens (including phenoxy) is 1. The molecular weight excluding hydrogens is 282 g/mol. The number of nitrogens with one attached hydrogen (secondary N) is 1. The number of fused-ring (bicyclic) bond motifs is 1. The van der Waals surface area contributed by atoms with E-state index in [1.54, 1.807) is 0 Å². The molecule has 1 aromatic rings. The summed E-state index contributed by atoms with van der Waals surface area (Å²) >= 11 is 0. The van der Waals surface area contributed by atoms with Crippen LogP contribution in [0.4, 0.5) is 5.69 Å². The Kier molecular flexibility index (Phi) is 4.57. The van der Waals surface area contributed by atoms with Gasteiger partial charge in [-0.3, -0.25) is 0 Å². The van der Waals surface area contributed by atoms with Crippen molar-refractivity contribution in [1.29, 1.82) is 0 Å². The fourth-order valence-electron chi connectivity index (χ4n) is 3.24. The van der Waals surface area contributed by atoms with Crippen molar-refractivity contribution in [3.8, 4) is 5.75 Å². The van der Waals surface area contributed by atoms with Crippen LogP contribution < -0.4 is 10.1 Å². The summed E-state index contributed by atoms with van der Waals surface area (Å²) < 4.78 is 5.94. The van der Waals surface area contributed by atoms with Gasteiger partial charge in [-0.25, -0.2) is 0 Å². The number of anilines is 1. The number of halogens is 1. The van der Waals surface area contributed by atoms with Crippen molar-refractivity contribution in [1.82, 2.24) is 0 Å². The first-order valence-corrected chi connectivity index (χ1v) is 7.76. The highest BCUT2D eigenvalue weighted by Gasteiger charge is 2.31. The summed E-state index contributed by atoms with van der Waals surface area (Å²) in [6.45, 7) is 6.24. The molecule has 1 aromatic carbocycles. The van der Waals surface area contributed by atoms with Crippen LogP contribution in [0, 0.1) is 0 Å². The van der Waals surface area contributed by atoms with Crippen LogP contribution in [-0.2, 0) is 0 Å². The van der Waals surface area contributed by atoms with E-state index in [1.807, 2.05) is 0 Å². The van der Waals surface area contributed by atoms with Crippen LogP contribution >= 0.6 is 12.4 Å². The maximum atomic E-state index is 5.94. The molecule has 3 heteroatoms. The number of benzene rings is 1. The van der Waals surface area contributed by atoms with Crippen LogP contribution in [0.25, 0.3) is 6.08 Å². The Balaban J connectivity index is 0.00000161. The molecule has 116 valence electrons. The SMILES string of the molecule is CC(C)(C)Oc1ccc2c(c1)C=CC1(CCCCC1)N2.Cl. The van der Waals surface area contributed by atoms with Gasteiger partial charge in [0.05, 0.1) is 5.54 Å². The molecule has 0 aromatic heterocycles. The van der Waals surface area contributed by atoms with Crippen molar-refractivity contribution >= 4 is 24.2 Å². The van der Waals surface area contributed by atoms with Gasteiger partial charge in [-0.05, 0) is 51.8 Å². The quantitative estimate of drug-likeness (QED) is 0.747. The average molecular weight is 308 g/mol. The minimum atomic E-state index is -0.148. The van der Waals surface area contributed by atoms with Gasteiger partial charge in [0.2, 0.25) is 0 Å². The monoisotopic (exact) mass is 307 g/mol.